The van der Waals surface area contributed by atoms with E-state index in [2.05, 4.69) is 10.0 Å². The third kappa shape index (κ3) is 3.51. The van der Waals surface area contributed by atoms with Crippen molar-refractivity contribution in [2.45, 2.75) is 21.9 Å². The first-order chi connectivity index (χ1) is 13.4. The summed E-state index contributed by atoms with van der Waals surface area (Å²) in [6.07, 6.45) is -0.0958. The number of hydrogen-bond donors (Lipinski definition) is 2. The molecule has 2 unspecified atom stereocenters. The number of halogens is 1. The Morgan fingerprint density at radius 1 is 1.32 bits per heavy atom. The van der Waals surface area contributed by atoms with Gasteiger partial charge in [0.25, 0.3) is 0 Å². The topological polar surface area (TPSA) is 150 Å². The Labute approximate surface area is 168 Å². The summed E-state index contributed by atoms with van der Waals surface area (Å²) in [7, 11) is 0. The molecule has 0 spiro atoms. The molecule has 2 heterocycles. The van der Waals surface area contributed by atoms with Crippen LogP contribution in [0.5, 0.6) is 0 Å². The fraction of sp³-hybridized carbons (Fsp3) is 0.312. The first-order valence-corrected chi connectivity index (χ1v) is 10.4. The van der Waals surface area contributed by atoms with Gasteiger partial charge in [0.2, 0.25) is 0 Å². The Morgan fingerprint density at radius 3 is 2.61 bits per heavy atom. The molecule has 1 aromatic heterocycles. The van der Waals surface area contributed by atoms with Gasteiger partial charge in [-0.2, -0.15) is 0 Å². The molecule has 1 aromatic carbocycles. The van der Waals surface area contributed by atoms with Crippen LogP contribution in [0.3, 0.4) is 0 Å². The molecule has 0 aliphatic carbocycles. The Morgan fingerprint density at radius 2 is 2.00 bits per heavy atom. The summed E-state index contributed by atoms with van der Waals surface area (Å²) in [4.78, 5) is 39.4. The standard InChI is InChI=1S/C16H14ClN5O5Se/c17-9-6-21(15-11(19-20-18)12(24)10(7-23)28-15)16(27)22(14(9)26)13(25)8-4-2-1-3-5-8/h1-6,10-12,15,23-24H,7H2/t10-,11?,12?,15-/m1/s1. The van der Waals surface area contributed by atoms with E-state index in [0.29, 0.717) is 4.57 Å². The molecule has 1 aliphatic heterocycles. The van der Waals surface area contributed by atoms with Gasteiger partial charge in [0, 0.05) is 0 Å². The molecule has 12 heteroatoms. The maximum absolute atomic E-state index is 13.0. The van der Waals surface area contributed by atoms with E-state index < -0.39 is 54.0 Å². The fourth-order valence-corrected chi connectivity index (χ4v) is 6.09. The van der Waals surface area contributed by atoms with Crippen LogP contribution in [0, 0.1) is 0 Å². The third-order valence-electron chi connectivity index (χ3n) is 4.27. The number of aliphatic hydroxyl groups is 2. The quantitative estimate of drug-likeness (QED) is 0.287. The summed E-state index contributed by atoms with van der Waals surface area (Å²) in [5.74, 6) is -0.850. The van der Waals surface area contributed by atoms with E-state index in [-0.39, 0.29) is 17.2 Å². The van der Waals surface area contributed by atoms with E-state index >= 15 is 0 Å². The summed E-state index contributed by atoms with van der Waals surface area (Å²) < 4.78 is 1.45. The van der Waals surface area contributed by atoms with E-state index in [1.807, 2.05) is 0 Å². The van der Waals surface area contributed by atoms with Gasteiger partial charge in [0.05, 0.1) is 0 Å². The summed E-state index contributed by atoms with van der Waals surface area (Å²) in [5.41, 5.74) is 6.98. The second-order valence-corrected chi connectivity index (χ2v) is 9.17. The van der Waals surface area contributed by atoms with E-state index in [1.54, 1.807) is 18.2 Å². The number of hydrogen-bond acceptors (Lipinski definition) is 6. The van der Waals surface area contributed by atoms with Crippen LogP contribution >= 0.6 is 11.6 Å². The molecule has 1 aliphatic rings. The summed E-state index contributed by atoms with van der Waals surface area (Å²) >= 11 is 5.41. The van der Waals surface area contributed by atoms with Gasteiger partial charge in [0.15, 0.2) is 0 Å². The zero-order valence-corrected chi connectivity index (χ0v) is 16.6. The van der Waals surface area contributed by atoms with Crippen molar-refractivity contribution in [2.24, 2.45) is 5.11 Å². The summed E-state index contributed by atoms with van der Waals surface area (Å²) in [5, 5.41) is 22.9. The number of azide groups is 1. The molecule has 146 valence electrons. The number of carbonyl (C=O) groups excluding carboxylic acids is 1. The van der Waals surface area contributed by atoms with E-state index in [9.17, 15) is 24.6 Å². The van der Waals surface area contributed by atoms with Gasteiger partial charge in [-0.05, 0) is 0 Å². The van der Waals surface area contributed by atoms with Gasteiger partial charge < -0.3 is 0 Å². The van der Waals surface area contributed by atoms with Gasteiger partial charge in [0.1, 0.15) is 0 Å². The number of aliphatic hydroxyl groups excluding tert-OH is 2. The molecule has 3 rings (SSSR count). The maximum atomic E-state index is 13.0. The SMILES string of the molecule is [N-]=[N+]=NC1C(O)[C@@H](CO)[Se][C@H]1n1cc(Cl)c(=O)n(C(=O)c2ccccc2)c1=O. The molecule has 2 aromatic rings. The van der Waals surface area contributed by atoms with Crippen molar-refractivity contribution in [1.29, 1.82) is 0 Å². The number of aromatic nitrogens is 2. The molecular weight excluding hydrogens is 457 g/mol. The van der Waals surface area contributed by atoms with Crippen LogP contribution in [-0.4, -0.2) is 59.0 Å². The Bertz CT molecular complexity index is 1070. The Hall–Kier alpha value is -2.39. The molecular formula is C16H14ClN5O5Se. The molecule has 4 atom stereocenters. The number of rotatable bonds is 4. The molecule has 0 saturated carbocycles. The van der Waals surface area contributed by atoms with Crippen LogP contribution in [0.2, 0.25) is 9.84 Å². The third-order valence-corrected chi connectivity index (χ3v) is 7.81. The predicted octanol–water partition coefficient (Wildman–Crippen LogP) is 0.389. The normalized spacial score (nSPS) is 24.0. The van der Waals surface area contributed by atoms with E-state index in [1.165, 1.54) is 12.1 Å². The van der Waals surface area contributed by atoms with Crippen molar-refractivity contribution in [1.82, 2.24) is 9.13 Å². The summed E-state index contributed by atoms with van der Waals surface area (Å²) in [6, 6.07) is 6.70. The van der Waals surface area contributed by atoms with Gasteiger partial charge in [-0.3, -0.25) is 0 Å². The van der Waals surface area contributed by atoms with Gasteiger partial charge in [-0.1, -0.05) is 0 Å². The Balaban J connectivity index is 2.17. The number of nitrogens with zero attached hydrogens (tertiary/aromatic N) is 5. The van der Waals surface area contributed by atoms with Crippen LogP contribution < -0.4 is 11.2 Å². The zero-order valence-electron chi connectivity index (χ0n) is 14.1. The average Bonchev–Trinajstić information content (AvgIpc) is 3.01. The second kappa shape index (κ2) is 8.32. The van der Waals surface area contributed by atoms with Crippen molar-refractivity contribution < 1.29 is 15.0 Å². The minimum atomic E-state index is -1.17. The predicted molar refractivity (Wildman–Crippen MR) is 101 cm³/mol. The first-order valence-electron chi connectivity index (χ1n) is 8.02. The van der Waals surface area contributed by atoms with E-state index in [4.69, 9.17) is 17.1 Å². The number of carbonyl (C=O) groups is 1. The van der Waals surface area contributed by atoms with Crippen molar-refractivity contribution in [3.05, 3.63) is 78.4 Å². The zero-order chi connectivity index (χ0) is 20.4. The van der Waals surface area contributed by atoms with Crippen LogP contribution in [-0.2, 0) is 0 Å². The van der Waals surface area contributed by atoms with Crippen molar-refractivity contribution in [3.8, 4) is 0 Å². The summed E-state index contributed by atoms with van der Waals surface area (Å²) in [6.45, 7) is -0.361. The van der Waals surface area contributed by atoms with Crippen molar-refractivity contribution in [2.75, 3.05) is 6.61 Å². The van der Waals surface area contributed by atoms with Gasteiger partial charge >= 0.3 is 169 Å². The first kappa shape index (κ1) is 20.3. The molecule has 10 nitrogen and oxygen atoms in total. The molecule has 0 bridgehead atoms. The molecule has 2 N–H and O–H groups in total. The van der Waals surface area contributed by atoms with Gasteiger partial charge in [-0.25, -0.2) is 0 Å². The molecule has 1 fully saturated rings. The van der Waals surface area contributed by atoms with Crippen LogP contribution in [0.4, 0.5) is 0 Å². The molecule has 1 saturated heterocycles. The second-order valence-electron chi connectivity index (χ2n) is 5.91. The molecule has 28 heavy (non-hydrogen) atoms. The molecule has 0 radical (unpaired) electrons. The van der Waals surface area contributed by atoms with Crippen LogP contribution in [0.1, 0.15) is 15.3 Å². The number of benzene rings is 1. The van der Waals surface area contributed by atoms with Crippen LogP contribution in [0.25, 0.3) is 10.4 Å². The Kier molecular flexibility index (Phi) is 6.04. The van der Waals surface area contributed by atoms with Crippen molar-refractivity contribution in [3.63, 3.8) is 0 Å². The minimum absolute atomic E-state index is 0.118. The van der Waals surface area contributed by atoms with Gasteiger partial charge in [-0.15, -0.1) is 0 Å². The monoisotopic (exact) mass is 471 g/mol. The van der Waals surface area contributed by atoms with Crippen LogP contribution in [0.15, 0.2) is 51.2 Å². The van der Waals surface area contributed by atoms with E-state index in [0.717, 1.165) is 10.8 Å². The molecule has 0 amide bonds. The average molecular weight is 471 g/mol. The van der Waals surface area contributed by atoms with Crippen molar-refractivity contribution >= 4 is 32.5 Å². The fourth-order valence-electron chi connectivity index (χ4n) is 2.91.